The van der Waals surface area contributed by atoms with E-state index < -0.39 is 0 Å². The minimum absolute atomic E-state index is 0.737. The fourth-order valence-electron chi connectivity index (χ4n) is 2.91. The molecule has 0 aliphatic heterocycles. The maximum absolute atomic E-state index is 5.45. The number of aromatic nitrogens is 1. The summed E-state index contributed by atoms with van der Waals surface area (Å²) in [6.07, 6.45) is 6.84. The van der Waals surface area contributed by atoms with Gasteiger partial charge in [-0.1, -0.05) is 38.3 Å². The molecule has 1 fully saturated rings. The Bertz CT molecular complexity index is 358. The molecular formula is C15H27N3O. The van der Waals surface area contributed by atoms with Gasteiger partial charge in [-0.3, -0.25) is 4.90 Å². The molecular weight excluding hydrogens is 238 g/mol. The van der Waals surface area contributed by atoms with Crippen LogP contribution in [0.3, 0.4) is 0 Å². The Balaban J connectivity index is 1.88. The van der Waals surface area contributed by atoms with E-state index in [0.29, 0.717) is 0 Å². The van der Waals surface area contributed by atoms with Crippen molar-refractivity contribution >= 4 is 0 Å². The van der Waals surface area contributed by atoms with Crippen molar-refractivity contribution in [1.82, 2.24) is 15.4 Å². The molecule has 1 N–H and O–H groups in total. The number of nitrogens with zero attached hydrogens (tertiary/aromatic N) is 2. The van der Waals surface area contributed by atoms with Gasteiger partial charge in [0.2, 0.25) is 0 Å². The molecule has 0 spiro atoms. The number of nitrogens with one attached hydrogen (secondary N) is 1. The monoisotopic (exact) mass is 265 g/mol. The molecule has 4 nitrogen and oxygen atoms in total. The summed E-state index contributed by atoms with van der Waals surface area (Å²) in [5, 5.41) is 7.39. The average Bonchev–Trinajstić information content (AvgIpc) is 2.91. The third-order valence-electron chi connectivity index (χ3n) is 4.02. The summed E-state index contributed by atoms with van der Waals surface area (Å²) in [6.45, 7) is 8.10. The summed E-state index contributed by atoms with van der Waals surface area (Å²) < 4.78 is 5.45. The van der Waals surface area contributed by atoms with Crippen molar-refractivity contribution in [2.24, 2.45) is 0 Å². The molecule has 108 valence electrons. The maximum Gasteiger partial charge on any atom is 0.151 e. The van der Waals surface area contributed by atoms with E-state index in [1.807, 2.05) is 0 Å². The lowest BCUT2D eigenvalue weighted by molar-refractivity contribution is 0.141. The summed E-state index contributed by atoms with van der Waals surface area (Å²) in [5.74, 6) is 1.00. The van der Waals surface area contributed by atoms with Gasteiger partial charge in [-0.2, -0.15) is 0 Å². The highest BCUT2D eigenvalue weighted by atomic mass is 16.5. The second-order valence-corrected chi connectivity index (χ2v) is 5.42. The zero-order valence-electron chi connectivity index (χ0n) is 12.3. The van der Waals surface area contributed by atoms with Gasteiger partial charge in [0, 0.05) is 18.7 Å². The second kappa shape index (κ2) is 7.65. The molecule has 1 aromatic heterocycles. The summed E-state index contributed by atoms with van der Waals surface area (Å²) >= 11 is 0. The predicted molar refractivity (Wildman–Crippen MR) is 76.8 cm³/mol. The van der Waals surface area contributed by atoms with Crippen molar-refractivity contribution in [2.45, 2.75) is 65.1 Å². The Kier molecular flexibility index (Phi) is 5.86. The van der Waals surface area contributed by atoms with Crippen LogP contribution in [0.25, 0.3) is 0 Å². The summed E-state index contributed by atoms with van der Waals surface area (Å²) in [7, 11) is 0. The summed E-state index contributed by atoms with van der Waals surface area (Å²) in [5.41, 5.74) is 1.01. The first-order chi connectivity index (χ1) is 9.33. The zero-order chi connectivity index (χ0) is 13.5. The van der Waals surface area contributed by atoms with Crippen molar-refractivity contribution in [2.75, 3.05) is 13.1 Å². The number of hydrogen-bond donors (Lipinski definition) is 1. The summed E-state index contributed by atoms with van der Waals surface area (Å²) in [6, 6.07) is 2.83. The van der Waals surface area contributed by atoms with Gasteiger partial charge in [-0.15, -0.1) is 0 Å². The summed E-state index contributed by atoms with van der Waals surface area (Å²) in [4.78, 5) is 2.54. The van der Waals surface area contributed by atoms with Crippen LogP contribution in [0.4, 0.5) is 0 Å². The molecule has 1 aliphatic rings. The Morgan fingerprint density at radius 3 is 2.79 bits per heavy atom. The average molecular weight is 265 g/mol. The lowest BCUT2D eigenvalue weighted by Crippen LogP contribution is -2.35. The highest BCUT2D eigenvalue weighted by Crippen LogP contribution is 2.23. The predicted octanol–water partition coefficient (Wildman–Crippen LogP) is 2.94. The van der Waals surface area contributed by atoms with E-state index in [9.17, 15) is 0 Å². The van der Waals surface area contributed by atoms with Gasteiger partial charge in [-0.05, 0) is 25.9 Å². The fourth-order valence-corrected chi connectivity index (χ4v) is 2.91. The first kappa shape index (κ1) is 14.5. The lowest BCUT2D eigenvalue weighted by atomic mass is 9.94. The van der Waals surface area contributed by atoms with Gasteiger partial charge in [0.05, 0.1) is 12.2 Å². The third-order valence-corrected chi connectivity index (χ3v) is 4.02. The van der Waals surface area contributed by atoms with Crippen LogP contribution in [0.15, 0.2) is 10.6 Å². The highest BCUT2D eigenvalue weighted by molar-refractivity contribution is 5.05. The number of rotatable bonds is 7. The lowest BCUT2D eigenvalue weighted by Gasteiger charge is -2.32. The standard InChI is InChI=1S/C15H27N3O/c1-3-16-11-13-10-15(19-17-13)12-18(4-2)14-8-6-5-7-9-14/h10,14,16H,3-9,11-12H2,1-2H3. The quantitative estimate of drug-likeness (QED) is 0.823. The minimum atomic E-state index is 0.737. The molecule has 0 unspecified atom stereocenters. The van der Waals surface area contributed by atoms with E-state index in [4.69, 9.17) is 4.52 Å². The highest BCUT2D eigenvalue weighted by Gasteiger charge is 2.21. The molecule has 1 aliphatic carbocycles. The zero-order valence-corrected chi connectivity index (χ0v) is 12.3. The van der Waals surface area contributed by atoms with Crippen molar-refractivity contribution in [1.29, 1.82) is 0 Å². The van der Waals surface area contributed by atoms with Crippen molar-refractivity contribution in [3.63, 3.8) is 0 Å². The van der Waals surface area contributed by atoms with Gasteiger partial charge in [0.25, 0.3) is 0 Å². The molecule has 0 amide bonds. The molecule has 4 heteroatoms. The first-order valence-corrected chi connectivity index (χ1v) is 7.72. The topological polar surface area (TPSA) is 41.3 Å². The fraction of sp³-hybridized carbons (Fsp3) is 0.800. The Hall–Kier alpha value is -0.870. The van der Waals surface area contributed by atoms with Gasteiger partial charge in [0.1, 0.15) is 0 Å². The van der Waals surface area contributed by atoms with Gasteiger partial charge in [0.15, 0.2) is 5.76 Å². The molecule has 19 heavy (non-hydrogen) atoms. The molecule has 1 heterocycles. The van der Waals surface area contributed by atoms with Crippen LogP contribution in [-0.2, 0) is 13.1 Å². The molecule has 0 atom stereocenters. The van der Waals surface area contributed by atoms with Crippen molar-refractivity contribution in [3.05, 3.63) is 17.5 Å². The largest absolute Gasteiger partial charge is 0.360 e. The van der Waals surface area contributed by atoms with E-state index in [1.165, 1.54) is 32.1 Å². The van der Waals surface area contributed by atoms with Crippen molar-refractivity contribution < 1.29 is 4.52 Å². The van der Waals surface area contributed by atoms with E-state index in [0.717, 1.165) is 43.7 Å². The van der Waals surface area contributed by atoms with E-state index in [2.05, 4.69) is 35.3 Å². The number of hydrogen-bond acceptors (Lipinski definition) is 4. The van der Waals surface area contributed by atoms with E-state index >= 15 is 0 Å². The van der Waals surface area contributed by atoms with Gasteiger partial charge >= 0.3 is 0 Å². The Morgan fingerprint density at radius 1 is 1.32 bits per heavy atom. The van der Waals surface area contributed by atoms with Crippen LogP contribution in [0.2, 0.25) is 0 Å². The first-order valence-electron chi connectivity index (χ1n) is 7.72. The smallest absolute Gasteiger partial charge is 0.151 e. The van der Waals surface area contributed by atoms with Crippen LogP contribution in [0.1, 0.15) is 57.4 Å². The molecule has 2 rings (SSSR count). The van der Waals surface area contributed by atoms with Crippen LogP contribution in [0.5, 0.6) is 0 Å². The second-order valence-electron chi connectivity index (χ2n) is 5.42. The van der Waals surface area contributed by atoms with Crippen molar-refractivity contribution in [3.8, 4) is 0 Å². The van der Waals surface area contributed by atoms with Crippen LogP contribution in [-0.4, -0.2) is 29.2 Å². The molecule has 1 aromatic rings. The maximum atomic E-state index is 5.45. The van der Waals surface area contributed by atoms with Gasteiger partial charge < -0.3 is 9.84 Å². The minimum Gasteiger partial charge on any atom is -0.360 e. The van der Waals surface area contributed by atoms with Crippen LogP contribution in [0, 0.1) is 0 Å². The molecule has 0 aromatic carbocycles. The molecule has 0 radical (unpaired) electrons. The van der Waals surface area contributed by atoms with Crippen LogP contribution < -0.4 is 5.32 Å². The molecule has 1 saturated carbocycles. The SMILES string of the molecule is CCNCc1cc(CN(CC)C2CCCCC2)on1. The third kappa shape index (κ3) is 4.32. The van der Waals surface area contributed by atoms with Crippen LogP contribution >= 0.6 is 0 Å². The van der Waals surface area contributed by atoms with E-state index in [-0.39, 0.29) is 0 Å². The van der Waals surface area contributed by atoms with Gasteiger partial charge in [-0.25, -0.2) is 0 Å². The Morgan fingerprint density at radius 2 is 2.11 bits per heavy atom. The van der Waals surface area contributed by atoms with E-state index in [1.54, 1.807) is 0 Å². The molecule has 0 saturated heterocycles. The molecule has 0 bridgehead atoms. The normalized spacial score (nSPS) is 17.2. The Labute approximate surface area is 116 Å².